The molecule has 7 heteroatoms. The van der Waals surface area contributed by atoms with Crippen LogP contribution in [0.1, 0.15) is 36.7 Å². The van der Waals surface area contributed by atoms with Crippen molar-refractivity contribution in [1.29, 1.82) is 0 Å². The lowest BCUT2D eigenvalue weighted by atomic mass is 9.97. The maximum atomic E-state index is 6.33. The predicted octanol–water partition coefficient (Wildman–Crippen LogP) is 4.73. The van der Waals surface area contributed by atoms with E-state index in [1.165, 1.54) is 0 Å². The fourth-order valence-electron chi connectivity index (χ4n) is 4.27. The summed E-state index contributed by atoms with van der Waals surface area (Å²) < 4.78 is 0. The molecule has 0 unspecified atom stereocenters. The molecule has 0 saturated carbocycles. The van der Waals surface area contributed by atoms with Crippen LogP contribution in [-0.2, 0) is 5.54 Å². The summed E-state index contributed by atoms with van der Waals surface area (Å²) >= 11 is 6.33. The number of rotatable bonds is 3. The summed E-state index contributed by atoms with van der Waals surface area (Å²) in [6.07, 6.45) is 5.45. The molecule has 5 rings (SSSR count). The van der Waals surface area contributed by atoms with Gasteiger partial charge in [0.15, 0.2) is 0 Å². The van der Waals surface area contributed by atoms with Gasteiger partial charge in [-0.05, 0) is 69.0 Å². The maximum Gasteiger partial charge on any atom is 0.132 e. The van der Waals surface area contributed by atoms with Gasteiger partial charge in [0.1, 0.15) is 11.5 Å². The highest BCUT2D eigenvalue weighted by Gasteiger charge is 2.42. The maximum absolute atomic E-state index is 6.33. The highest BCUT2D eigenvalue weighted by molar-refractivity contribution is 6.32. The summed E-state index contributed by atoms with van der Waals surface area (Å²) in [7, 11) is 0. The first-order valence-corrected chi connectivity index (χ1v) is 10.2. The molecule has 0 bridgehead atoms. The molecule has 1 N–H and O–H groups in total. The summed E-state index contributed by atoms with van der Waals surface area (Å²) in [5.41, 5.74) is 5.75. The van der Waals surface area contributed by atoms with Crippen LogP contribution in [0.25, 0.3) is 16.7 Å². The number of benzene rings is 2. The third-order valence-electron chi connectivity index (χ3n) is 5.87. The van der Waals surface area contributed by atoms with Crippen LogP contribution in [-0.4, -0.2) is 31.5 Å². The Morgan fingerprint density at radius 1 is 1.17 bits per heavy atom. The van der Waals surface area contributed by atoms with E-state index in [4.69, 9.17) is 16.6 Å². The molecule has 0 spiro atoms. The van der Waals surface area contributed by atoms with E-state index < -0.39 is 0 Å². The van der Waals surface area contributed by atoms with E-state index in [0.29, 0.717) is 0 Å². The second-order valence-corrected chi connectivity index (χ2v) is 8.37. The average molecular weight is 406 g/mol. The molecule has 29 heavy (non-hydrogen) atoms. The molecule has 147 valence electrons. The lowest BCUT2D eigenvalue weighted by Crippen LogP contribution is -2.40. The molecule has 1 fully saturated rings. The van der Waals surface area contributed by atoms with Gasteiger partial charge < -0.3 is 9.88 Å². The smallest absolute Gasteiger partial charge is 0.132 e. The number of fused-ring (bicyclic) bond motifs is 1. The van der Waals surface area contributed by atoms with E-state index in [1.807, 2.05) is 19.1 Å². The van der Waals surface area contributed by atoms with Gasteiger partial charge in [0, 0.05) is 17.6 Å². The Morgan fingerprint density at radius 3 is 2.76 bits per heavy atom. The Balaban J connectivity index is 1.65. The largest absolute Gasteiger partial charge is 0.357 e. The molecule has 1 atom stereocenters. The van der Waals surface area contributed by atoms with Crippen LogP contribution in [0.2, 0.25) is 5.02 Å². The normalized spacial score (nSPS) is 19.4. The third-order valence-corrected chi connectivity index (χ3v) is 6.27. The molecule has 1 radical (unpaired) electrons. The summed E-state index contributed by atoms with van der Waals surface area (Å²) in [6.45, 7) is 7.27. The first-order valence-electron chi connectivity index (χ1n) is 9.79. The van der Waals surface area contributed by atoms with Crippen LogP contribution in [0.5, 0.6) is 0 Å². The Hall–Kier alpha value is -2.86. The average Bonchev–Trinajstić information content (AvgIpc) is 3.42. The molecule has 2 aromatic carbocycles. The van der Waals surface area contributed by atoms with E-state index in [-0.39, 0.29) is 5.54 Å². The lowest BCUT2D eigenvalue weighted by Gasteiger charge is -2.36. The van der Waals surface area contributed by atoms with Crippen LogP contribution in [0.15, 0.2) is 36.7 Å². The Labute approximate surface area is 174 Å². The number of aromatic nitrogens is 5. The van der Waals surface area contributed by atoms with Gasteiger partial charge in [-0.3, -0.25) is 0 Å². The fourth-order valence-corrected chi connectivity index (χ4v) is 4.43. The Bertz CT molecular complexity index is 1160. The van der Waals surface area contributed by atoms with E-state index in [0.717, 1.165) is 63.8 Å². The standard InChI is InChI=1S/C22H22ClN6/c1-14-5-6-19(29-24-8-9-25-29)20(11-14)28-10-4-7-22(28,3)21-26-17-12-15(2)16(23)13-18(17)27-21/h5,8-9,11-13H,4,7,10H2,1-3H3,(H,26,27)/t22-/m0/s1. The highest BCUT2D eigenvalue weighted by Crippen LogP contribution is 2.43. The van der Waals surface area contributed by atoms with Crippen molar-refractivity contribution in [2.24, 2.45) is 0 Å². The number of hydrogen-bond acceptors (Lipinski definition) is 4. The molecule has 1 saturated heterocycles. The zero-order valence-corrected chi connectivity index (χ0v) is 17.5. The zero-order chi connectivity index (χ0) is 20.2. The second kappa shape index (κ2) is 6.59. The summed E-state index contributed by atoms with van der Waals surface area (Å²) in [5, 5.41) is 9.40. The molecule has 1 aliphatic heterocycles. The molecule has 4 aromatic rings. The van der Waals surface area contributed by atoms with Crippen molar-refractivity contribution in [1.82, 2.24) is 25.0 Å². The monoisotopic (exact) mass is 405 g/mol. The number of aromatic amines is 1. The molecule has 0 aliphatic carbocycles. The minimum absolute atomic E-state index is 0.275. The van der Waals surface area contributed by atoms with Gasteiger partial charge >= 0.3 is 0 Å². The number of anilines is 1. The number of nitrogens with one attached hydrogen (secondary N) is 1. The summed E-state index contributed by atoms with van der Waals surface area (Å²) in [5.74, 6) is 0.951. The van der Waals surface area contributed by atoms with Crippen LogP contribution >= 0.6 is 11.6 Å². The number of imidazole rings is 1. The van der Waals surface area contributed by atoms with E-state index in [1.54, 1.807) is 17.2 Å². The van der Waals surface area contributed by atoms with Crippen molar-refractivity contribution in [2.45, 2.75) is 39.2 Å². The highest BCUT2D eigenvalue weighted by atomic mass is 35.5. The van der Waals surface area contributed by atoms with Gasteiger partial charge in [-0.15, -0.1) is 4.80 Å². The molecule has 2 aromatic heterocycles. The van der Waals surface area contributed by atoms with Gasteiger partial charge in [0.05, 0.1) is 34.7 Å². The minimum Gasteiger partial charge on any atom is -0.357 e. The van der Waals surface area contributed by atoms with Gasteiger partial charge in [0.2, 0.25) is 0 Å². The number of hydrogen-bond donors (Lipinski definition) is 1. The summed E-state index contributed by atoms with van der Waals surface area (Å²) in [4.78, 5) is 12.5. The Morgan fingerprint density at radius 2 is 1.97 bits per heavy atom. The fraction of sp³-hybridized carbons (Fsp3) is 0.318. The first kappa shape index (κ1) is 18.2. The van der Waals surface area contributed by atoms with Gasteiger partial charge in [-0.25, -0.2) is 4.98 Å². The van der Waals surface area contributed by atoms with Crippen LogP contribution in [0.4, 0.5) is 5.69 Å². The van der Waals surface area contributed by atoms with Crippen molar-refractivity contribution >= 4 is 28.3 Å². The number of halogens is 1. The van der Waals surface area contributed by atoms with Crippen molar-refractivity contribution in [3.8, 4) is 5.69 Å². The van der Waals surface area contributed by atoms with Crippen molar-refractivity contribution in [3.63, 3.8) is 0 Å². The molecule has 1 aliphatic rings. The zero-order valence-electron chi connectivity index (χ0n) is 16.7. The van der Waals surface area contributed by atoms with Crippen molar-refractivity contribution in [2.75, 3.05) is 11.4 Å². The topological polar surface area (TPSA) is 62.6 Å². The van der Waals surface area contributed by atoms with Gasteiger partial charge in [-0.2, -0.15) is 10.2 Å². The van der Waals surface area contributed by atoms with E-state index >= 15 is 0 Å². The third kappa shape index (κ3) is 2.90. The predicted molar refractivity (Wildman–Crippen MR) is 115 cm³/mol. The van der Waals surface area contributed by atoms with Crippen LogP contribution in [0.3, 0.4) is 0 Å². The van der Waals surface area contributed by atoms with Crippen LogP contribution < -0.4 is 4.90 Å². The van der Waals surface area contributed by atoms with E-state index in [9.17, 15) is 0 Å². The Kier molecular flexibility index (Phi) is 4.13. The molecule has 6 nitrogen and oxygen atoms in total. The first-order chi connectivity index (χ1) is 14.0. The number of aryl methyl sites for hydroxylation is 2. The molecular weight excluding hydrogens is 384 g/mol. The molecular formula is C22H22ClN6. The van der Waals surface area contributed by atoms with Crippen molar-refractivity contribution < 1.29 is 0 Å². The second-order valence-electron chi connectivity index (χ2n) is 7.96. The van der Waals surface area contributed by atoms with Crippen LogP contribution in [0, 0.1) is 19.9 Å². The minimum atomic E-state index is -0.275. The molecule has 0 amide bonds. The quantitative estimate of drug-likeness (QED) is 0.535. The van der Waals surface area contributed by atoms with E-state index in [2.05, 4.69) is 52.1 Å². The van der Waals surface area contributed by atoms with Crippen molar-refractivity contribution in [3.05, 3.63) is 64.7 Å². The number of H-pyrrole nitrogens is 1. The lowest BCUT2D eigenvalue weighted by molar-refractivity contribution is 0.466. The van der Waals surface area contributed by atoms with Gasteiger partial charge in [-0.1, -0.05) is 11.6 Å². The number of nitrogens with zero attached hydrogens (tertiary/aromatic N) is 5. The summed E-state index contributed by atoms with van der Waals surface area (Å²) in [6, 6.07) is 11.5. The molecule has 3 heterocycles. The van der Waals surface area contributed by atoms with Gasteiger partial charge in [0.25, 0.3) is 0 Å². The SMILES string of the molecule is Cc1c[c]c(-n2nccn2)c(N2CCC[C@@]2(C)c2nc3cc(Cl)c(C)cc3[nH]2)c1.